The van der Waals surface area contributed by atoms with E-state index in [0.29, 0.717) is 24.0 Å². The summed E-state index contributed by atoms with van der Waals surface area (Å²) in [7, 11) is 0. The number of carbonyl (C=O) groups is 1. The van der Waals surface area contributed by atoms with Crippen LogP contribution in [0.15, 0.2) is 48.5 Å². The molecular weight excluding hydrogens is 428 g/mol. The number of nitriles is 1. The number of amides is 1. The van der Waals surface area contributed by atoms with Crippen LogP contribution < -0.4 is 25.0 Å². The highest BCUT2D eigenvalue weighted by Crippen LogP contribution is 2.24. The molecule has 1 aliphatic carbocycles. The van der Waals surface area contributed by atoms with Crippen LogP contribution in [0.25, 0.3) is 0 Å². The molecule has 2 aliphatic rings. The molecule has 0 unspecified atom stereocenters. The first kappa shape index (κ1) is 23.9. The lowest BCUT2D eigenvalue weighted by Crippen LogP contribution is -2.57. The van der Waals surface area contributed by atoms with Crippen LogP contribution in [0, 0.1) is 11.3 Å². The first-order valence-electron chi connectivity index (χ1n) is 12.4. The van der Waals surface area contributed by atoms with Crippen molar-refractivity contribution in [1.82, 2.24) is 10.6 Å². The Bertz CT molecular complexity index is 971. The zero-order chi connectivity index (χ0) is 23.8. The van der Waals surface area contributed by atoms with Gasteiger partial charge in [0.1, 0.15) is 11.5 Å². The number of hydrogen-bond donors (Lipinski definition) is 2. The summed E-state index contributed by atoms with van der Waals surface area (Å²) >= 11 is 0. The van der Waals surface area contributed by atoms with Gasteiger partial charge < -0.3 is 25.0 Å². The maximum atomic E-state index is 12.6. The first-order chi connectivity index (χ1) is 16.6. The normalized spacial score (nSPS) is 22.5. The van der Waals surface area contributed by atoms with E-state index in [1.165, 1.54) is 0 Å². The SMILES string of the molecule is CCOc1ccc(OC(=O)N[C@@H]2CCCC[C@H]2N[C@H]2CCCN(c3ccc(C#N)cc3)C2)cc1. The lowest BCUT2D eigenvalue weighted by molar-refractivity contribution is 0.182. The van der Waals surface area contributed by atoms with E-state index in [1.807, 2.05) is 31.2 Å². The molecule has 1 aliphatic heterocycles. The average Bonchev–Trinajstić information content (AvgIpc) is 2.87. The van der Waals surface area contributed by atoms with E-state index in [-0.39, 0.29) is 12.1 Å². The smallest absolute Gasteiger partial charge is 0.412 e. The van der Waals surface area contributed by atoms with Crippen LogP contribution >= 0.6 is 0 Å². The number of hydrogen-bond acceptors (Lipinski definition) is 6. The Morgan fingerprint density at radius 2 is 1.71 bits per heavy atom. The fourth-order valence-corrected chi connectivity index (χ4v) is 4.96. The van der Waals surface area contributed by atoms with E-state index < -0.39 is 6.09 Å². The summed E-state index contributed by atoms with van der Waals surface area (Å²) in [5.41, 5.74) is 1.84. The van der Waals surface area contributed by atoms with Gasteiger partial charge in [-0.3, -0.25) is 0 Å². The maximum Gasteiger partial charge on any atom is 0.412 e. The van der Waals surface area contributed by atoms with Crippen molar-refractivity contribution in [3.8, 4) is 17.6 Å². The molecule has 4 rings (SSSR count). The van der Waals surface area contributed by atoms with Gasteiger partial charge in [-0.15, -0.1) is 0 Å². The topological polar surface area (TPSA) is 86.6 Å². The molecule has 0 bridgehead atoms. The van der Waals surface area contributed by atoms with E-state index in [9.17, 15) is 4.79 Å². The highest BCUT2D eigenvalue weighted by molar-refractivity contribution is 5.70. The number of nitrogens with zero attached hydrogens (tertiary/aromatic N) is 2. The van der Waals surface area contributed by atoms with E-state index in [0.717, 1.165) is 63.1 Å². The Morgan fingerprint density at radius 1 is 1.00 bits per heavy atom. The van der Waals surface area contributed by atoms with Crippen molar-refractivity contribution in [2.45, 2.75) is 63.6 Å². The average molecular weight is 463 g/mol. The predicted molar refractivity (Wildman–Crippen MR) is 132 cm³/mol. The van der Waals surface area contributed by atoms with Crippen LogP contribution in [0.1, 0.15) is 51.0 Å². The Hall–Kier alpha value is -3.24. The molecule has 3 atom stereocenters. The Labute approximate surface area is 202 Å². The molecule has 2 aromatic carbocycles. The van der Waals surface area contributed by atoms with Gasteiger partial charge in [0.2, 0.25) is 0 Å². The monoisotopic (exact) mass is 462 g/mol. The van der Waals surface area contributed by atoms with Gasteiger partial charge in [0.05, 0.1) is 18.2 Å². The number of benzene rings is 2. The van der Waals surface area contributed by atoms with Crippen LogP contribution in [0.2, 0.25) is 0 Å². The maximum absolute atomic E-state index is 12.6. The van der Waals surface area contributed by atoms with Crippen molar-refractivity contribution in [3.05, 3.63) is 54.1 Å². The van der Waals surface area contributed by atoms with Gasteiger partial charge in [-0.2, -0.15) is 5.26 Å². The minimum Gasteiger partial charge on any atom is -0.494 e. The van der Waals surface area contributed by atoms with E-state index in [1.54, 1.807) is 24.3 Å². The summed E-state index contributed by atoms with van der Waals surface area (Å²) in [6.45, 7) is 4.48. The highest BCUT2D eigenvalue weighted by Gasteiger charge is 2.30. The molecule has 0 aromatic heterocycles. The van der Waals surface area contributed by atoms with E-state index in [4.69, 9.17) is 14.7 Å². The quantitative estimate of drug-likeness (QED) is 0.625. The summed E-state index contributed by atoms with van der Waals surface area (Å²) in [5.74, 6) is 1.26. The van der Waals surface area contributed by atoms with Gasteiger partial charge in [-0.25, -0.2) is 4.79 Å². The third-order valence-electron chi connectivity index (χ3n) is 6.65. The van der Waals surface area contributed by atoms with Gasteiger partial charge in [0.15, 0.2) is 0 Å². The molecule has 7 heteroatoms. The third kappa shape index (κ3) is 6.42. The molecule has 2 aromatic rings. The van der Waals surface area contributed by atoms with Crippen LogP contribution in [0.3, 0.4) is 0 Å². The van der Waals surface area contributed by atoms with Crippen molar-refractivity contribution in [1.29, 1.82) is 5.26 Å². The molecule has 180 valence electrons. The van der Waals surface area contributed by atoms with Gasteiger partial charge in [0, 0.05) is 36.9 Å². The minimum atomic E-state index is -0.411. The lowest BCUT2D eigenvalue weighted by atomic mass is 9.89. The van der Waals surface area contributed by atoms with Gasteiger partial charge >= 0.3 is 6.09 Å². The van der Waals surface area contributed by atoms with Crippen molar-refractivity contribution >= 4 is 11.8 Å². The summed E-state index contributed by atoms with van der Waals surface area (Å²) in [6.07, 6.45) is 6.08. The molecule has 2 N–H and O–H groups in total. The van der Waals surface area contributed by atoms with Crippen LogP contribution in [0.5, 0.6) is 11.5 Å². The Kier molecular flexibility index (Phi) is 8.26. The zero-order valence-electron chi connectivity index (χ0n) is 19.8. The number of ether oxygens (including phenoxy) is 2. The highest BCUT2D eigenvalue weighted by atomic mass is 16.6. The van der Waals surface area contributed by atoms with Gasteiger partial charge in [-0.05, 0) is 81.1 Å². The third-order valence-corrected chi connectivity index (χ3v) is 6.65. The number of carbonyl (C=O) groups excluding carboxylic acids is 1. The molecule has 0 spiro atoms. The van der Waals surface area contributed by atoms with E-state index >= 15 is 0 Å². The van der Waals surface area contributed by atoms with Crippen LogP contribution in [-0.2, 0) is 0 Å². The molecule has 1 amide bonds. The molecule has 1 saturated carbocycles. The molecule has 1 heterocycles. The summed E-state index contributed by atoms with van der Waals surface area (Å²) in [5, 5.41) is 16.0. The van der Waals surface area contributed by atoms with Crippen molar-refractivity contribution < 1.29 is 14.3 Å². The Balaban J connectivity index is 1.31. The Morgan fingerprint density at radius 3 is 2.41 bits per heavy atom. The minimum absolute atomic E-state index is 0.0502. The predicted octanol–water partition coefficient (Wildman–Crippen LogP) is 4.62. The van der Waals surface area contributed by atoms with Crippen LogP contribution in [0.4, 0.5) is 10.5 Å². The molecule has 34 heavy (non-hydrogen) atoms. The van der Waals surface area contributed by atoms with Crippen molar-refractivity contribution in [2.75, 3.05) is 24.6 Å². The lowest BCUT2D eigenvalue weighted by Gasteiger charge is -2.40. The standard InChI is InChI=1S/C27H34N4O3/c1-2-33-23-13-15-24(16-14-23)34-27(32)30-26-8-4-3-7-25(26)29-21-6-5-17-31(19-21)22-11-9-20(18-28)10-12-22/h9-16,21,25-26,29H,2-8,17,19H2,1H3,(H,30,32)/t21-,25+,26+/m0/s1. The van der Waals surface area contributed by atoms with Gasteiger partial charge in [-0.1, -0.05) is 12.8 Å². The zero-order valence-corrected chi connectivity index (χ0v) is 19.8. The van der Waals surface area contributed by atoms with Crippen molar-refractivity contribution in [3.63, 3.8) is 0 Å². The number of rotatable bonds is 7. The fourth-order valence-electron chi connectivity index (χ4n) is 4.96. The second-order valence-electron chi connectivity index (χ2n) is 9.05. The molecule has 2 fully saturated rings. The number of piperidine rings is 1. The molecular formula is C27H34N4O3. The molecule has 0 radical (unpaired) electrons. The summed E-state index contributed by atoms with van der Waals surface area (Å²) in [6, 6.07) is 17.8. The second kappa shape index (κ2) is 11.8. The molecule has 7 nitrogen and oxygen atoms in total. The number of anilines is 1. The van der Waals surface area contributed by atoms with Gasteiger partial charge in [0.25, 0.3) is 0 Å². The molecule has 1 saturated heterocycles. The summed E-state index contributed by atoms with van der Waals surface area (Å²) in [4.78, 5) is 15.0. The number of nitrogens with one attached hydrogen (secondary N) is 2. The van der Waals surface area contributed by atoms with E-state index in [2.05, 4.69) is 21.6 Å². The largest absolute Gasteiger partial charge is 0.494 e. The van der Waals surface area contributed by atoms with Crippen molar-refractivity contribution in [2.24, 2.45) is 0 Å². The fraction of sp³-hybridized carbons (Fsp3) is 0.481. The first-order valence-corrected chi connectivity index (χ1v) is 12.4. The second-order valence-corrected chi connectivity index (χ2v) is 9.05. The summed E-state index contributed by atoms with van der Waals surface area (Å²) < 4.78 is 11.0. The van der Waals surface area contributed by atoms with Crippen LogP contribution in [-0.4, -0.2) is 43.9 Å².